The van der Waals surface area contributed by atoms with Crippen LogP contribution in [0.5, 0.6) is 0 Å². The van der Waals surface area contributed by atoms with Crippen LogP contribution in [-0.4, -0.2) is 18.0 Å². The molecule has 1 aromatic carbocycles. The first-order valence-electron chi connectivity index (χ1n) is 8.08. The van der Waals surface area contributed by atoms with E-state index in [2.05, 4.69) is 5.32 Å². The summed E-state index contributed by atoms with van der Waals surface area (Å²) in [7, 11) is 0. The van der Waals surface area contributed by atoms with Gasteiger partial charge >= 0.3 is 5.92 Å². The summed E-state index contributed by atoms with van der Waals surface area (Å²) >= 11 is 5.76. The molecule has 1 aromatic rings. The van der Waals surface area contributed by atoms with Gasteiger partial charge in [0, 0.05) is 22.7 Å². The van der Waals surface area contributed by atoms with Gasteiger partial charge in [0.15, 0.2) is 0 Å². The van der Waals surface area contributed by atoms with E-state index in [-0.39, 0.29) is 46.9 Å². The van der Waals surface area contributed by atoms with Crippen LogP contribution in [0.15, 0.2) is 24.3 Å². The molecule has 0 spiro atoms. The Bertz CT molecular complexity index is 586. The standard InChI is InChI=1S/C17H21ClF2N2O.ClH/c18-13-6-2-5-12(9-13)17(19,20)16(23)22-15-10-3-1-4-11(15)8-14(21)7-10;/h2,5-6,9-11,14-15H,1,3-4,7-8,21H2,(H,22,23);1H. The first kappa shape index (κ1) is 19.4. The highest BCUT2D eigenvalue weighted by Gasteiger charge is 2.46. The second-order valence-corrected chi connectivity index (χ2v) is 7.20. The molecule has 2 aliphatic carbocycles. The van der Waals surface area contributed by atoms with E-state index in [0.717, 1.165) is 38.2 Å². The lowest BCUT2D eigenvalue weighted by molar-refractivity contribution is -0.149. The van der Waals surface area contributed by atoms with Gasteiger partial charge in [-0.25, -0.2) is 0 Å². The minimum atomic E-state index is -3.58. The molecule has 2 unspecified atom stereocenters. The molecule has 2 saturated carbocycles. The lowest BCUT2D eigenvalue weighted by atomic mass is 9.67. The Kier molecular flexibility index (Phi) is 6.10. The molecule has 2 fully saturated rings. The van der Waals surface area contributed by atoms with Gasteiger partial charge in [0.05, 0.1) is 0 Å². The number of alkyl halides is 2. The van der Waals surface area contributed by atoms with Crippen molar-refractivity contribution in [2.75, 3.05) is 0 Å². The van der Waals surface area contributed by atoms with E-state index < -0.39 is 11.8 Å². The lowest BCUT2D eigenvalue weighted by Gasteiger charge is -2.45. The third kappa shape index (κ3) is 3.84. The molecule has 0 radical (unpaired) electrons. The van der Waals surface area contributed by atoms with Gasteiger partial charge in [0.25, 0.3) is 5.91 Å². The first-order valence-corrected chi connectivity index (χ1v) is 8.46. The number of hydrogen-bond donors (Lipinski definition) is 2. The Morgan fingerprint density at radius 3 is 2.46 bits per heavy atom. The molecule has 2 bridgehead atoms. The van der Waals surface area contributed by atoms with Crippen molar-refractivity contribution in [1.82, 2.24) is 5.32 Å². The van der Waals surface area contributed by atoms with Gasteiger partial charge in [-0.15, -0.1) is 12.4 Å². The Hall–Kier alpha value is -0.910. The summed E-state index contributed by atoms with van der Waals surface area (Å²) in [6.45, 7) is 0. The van der Waals surface area contributed by atoms with E-state index >= 15 is 0 Å². The summed E-state index contributed by atoms with van der Waals surface area (Å²) in [5.41, 5.74) is 5.66. The average molecular weight is 379 g/mol. The summed E-state index contributed by atoms with van der Waals surface area (Å²) in [4.78, 5) is 12.2. The predicted molar refractivity (Wildman–Crippen MR) is 92.6 cm³/mol. The molecule has 2 atom stereocenters. The minimum Gasteiger partial charge on any atom is -0.347 e. The van der Waals surface area contributed by atoms with Gasteiger partial charge in [0.1, 0.15) is 0 Å². The maximum Gasteiger partial charge on any atom is 0.349 e. The van der Waals surface area contributed by atoms with Crippen molar-refractivity contribution >= 4 is 29.9 Å². The lowest BCUT2D eigenvalue weighted by Crippen LogP contribution is -2.56. The van der Waals surface area contributed by atoms with Crippen molar-refractivity contribution in [2.24, 2.45) is 17.6 Å². The maximum absolute atomic E-state index is 14.4. The maximum atomic E-state index is 14.4. The zero-order chi connectivity index (χ0) is 16.6. The fourth-order valence-electron chi connectivity index (χ4n) is 4.08. The van der Waals surface area contributed by atoms with Gasteiger partial charge in [-0.05, 0) is 49.7 Å². The van der Waals surface area contributed by atoms with Crippen molar-refractivity contribution in [3.8, 4) is 0 Å². The molecule has 24 heavy (non-hydrogen) atoms. The number of benzene rings is 1. The third-order valence-electron chi connectivity index (χ3n) is 5.15. The highest BCUT2D eigenvalue weighted by atomic mass is 35.5. The van der Waals surface area contributed by atoms with Crippen molar-refractivity contribution in [3.05, 3.63) is 34.9 Å². The summed E-state index contributed by atoms with van der Waals surface area (Å²) < 4.78 is 28.9. The molecule has 1 amide bonds. The van der Waals surface area contributed by atoms with Gasteiger partial charge < -0.3 is 11.1 Å². The molecular formula is C17H22Cl2F2N2O. The third-order valence-corrected chi connectivity index (χ3v) is 5.38. The Balaban J connectivity index is 0.00000208. The van der Waals surface area contributed by atoms with E-state index in [4.69, 9.17) is 17.3 Å². The molecule has 7 heteroatoms. The second-order valence-electron chi connectivity index (χ2n) is 6.77. The van der Waals surface area contributed by atoms with Gasteiger partial charge in [0.2, 0.25) is 0 Å². The van der Waals surface area contributed by atoms with Crippen molar-refractivity contribution in [1.29, 1.82) is 0 Å². The van der Waals surface area contributed by atoms with Gasteiger partial charge in [-0.2, -0.15) is 8.78 Å². The molecule has 0 aliphatic heterocycles. The van der Waals surface area contributed by atoms with Crippen LogP contribution >= 0.6 is 24.0 Å². The van der Waals surface area contributed by atoms with Crippen LogP contribution in [-0.2, 0) is 10.7 Å². The molecule has 3 nitrogen and oxygen atoms in total. The van der Waals surface area contributed by atoms with Crippen molar-refractivity contribution in [3.63, 3.8) is 0 Å². The number of nitrogens with two attached hydrogens (primary N) is 1. The largest absolute Gasteiger partial charge is 0.349 e. The topological polar surface area (TPSA) is 55.1 Å². The number of nitrogens with one attached hydrogen (secondary N) is 1. The zero-order valence-electron chi connectivity index (χ0n) is 13.2. The minimum absolute atomic E-state index is 0. The quantitative estimate of drug-likeness (QED) is 0.838. The fraction of sp³-hybridized carbons (Fsp3) is 0.588. The monoisotopic (exact) mass is 378 g/mol. The summed E-state index contributed by atoms with van der Waals surface area (Å²) in [5, 5.41) is 2.80. The summed E-state index contributed by atoms with van der Waals surface area (Å²) in [6.07, 6.45) is 4.56. The normalized spacial score (nSPS) is 29.5. The first-order chi connectivity index (χ1) is 10.9. The van der Waals surface area contributed by atoms with Crippen LogP contribution in [0.25, 0.3) is 0 Å². The van der Waals surface area contributed by atoms with E-state index in [1.54, 1.807) is 0 Å². The van der Waals surface area contributed by atoms with Crippen molar-refractivity contribution < 1.29 is 13.6 Å². The summed E-state index contributed by atoms with van der Waals surface area (Å²) in [5.74, 6) is -4.41. The molecule has 0 aromatic heterocycles. The second kappa shape index (κ2) is 7.54. The van der Waals surface area contributed by atoms with Crippen LogP contribution in [0.1, 0.15) is 37.7 Å². The number of fused-ring (bicyclic) bond motifs is 2. The molecule has 3 N–H and O–H groups in total. The average Bonchev–Trinajstić information content (AvgIpc) is 2.48. The van der Waals surface area contributed by atoms with Crippen LogP contribution in [0.4, 0.5) is 8.78 Å². The van der Waals surface area contributed by atoms with Crippen LogP contribution in [0.2, 0.25) is 5.02 Å². The van der Waals surface area contributed by atoms with E-state index in [9.17, 15) is 13.6 Å². The molecule has 3 rings (SSSR count). The van der Waals surface area contributed by atoms with Gasteiger partial charge in [-0.3, -0.25) is 4.79 Å². The number of amides is 1. The molecule has 2 aliphatic rings. The van der Waals surface area contributed by atoms with Crippen molar-refractivity contribution in [2.45, 2.75) is 50.1 Å². The Morgan fingerprint density at radius 1 is 1.25 bits per heavy atom. The molecular weight excluding hydrogens is 357 g/mol. The molecule has 134 valence electrons. The Morgan fingerprint density at radius 2 is 1.88 bits per heavy atom. The van der Waals surface area contributed by atoms with E-state index in [1.807, 2.05) is 0 Å². The summed E-state index contributed by atoms with van der Waals surface area (Å²) in [6, 6.07) is 5.22. The fourth-order valence-corrected chi connectivity index (χ4v) is 4.27. The number of halogens is 4. The predicted octanol–water partition coefficient (Wildman–Crippen LogP) is 3.88. The molecule has 0 saturated heterocycles. The number of carbonyl (C=O) groups excluding carboxylic acids is 1. The molecule has 0 heterocycles. The zero-order valence-corrected chi connectivity index (χ0v) is 14.8. The van der Waals surface area contributed by atoms with Crippen LogP contribution in [0.3, 0.4) is 0 Å². The highest BCUT2D eigenvalue weighted by molar-refractivity contribution is 6.30. The van der Waals surface area contributed by atoms with Crippen LogP contribution < -0.4 is 11.1 Å². The number of carbonyl (C=O) groups is 1. The number of rotatable bonds is 3. The van der Waals surface area contributed by atoms with E-state index in [1.165, 1.54) is 18.2 Å². The Labute approximate surface area is 151 Å². The smallest absolute Gasteiger partial charge is 0.347 e. The van der Waals surface area contributed by atoms with Gasteiger partial charge in [-0.1, -0.05) is 30.2 Å². The van der Waals surface area contributed by atoms with E-state index in [0.29, 0.717) is 0 Å². The highest BCUT2D eigenvalue weighted by Crippen LogP contribution is 2.40. The van der Waals surface area contributed by atoms with Crippen LogP contribution in [0, 0.1) is 11.8 Å². The number of hydrogen-bond acceptors (Lipinski definition) is 2. The SMILES string of the molecule is Cl.NC1CC2CCCC(C1)C2NC(=O)C(F)(F)c1cccc(Cl)c1.